The number of carbonyl (C=O) groups excluding carboxylic acids is 1. The third kappa shape index (κ3) is 3.63. The summed E-state index contributed by atoms with van der Waals surface area (Å²) in [7, 11) is 3.23. The van der Waals surface area contributed by atoms with E-state index in [2.05, 4.69) is 17.4 Å². The number of carbonyl (C=O) groups is 1. The van der Waals surface area contributed by atoms with Gasteiger partial charge in [0, 0.05) is 17.8 Å². The van der Waals surface area contributed by atoms with Crippen molar-refractivity contribution >= 4 is 11.6 Å². The van der Waals surface area contributed by atoms with E-state index < -0.39 is 0 Å². The van der Waals surface area contributed by atoms with Crippen molar-refractivity contribution in [2.45, 2.75) is 12.6 Å². The van der Waals surface area contributed by atoms with Crippen molar-refractivity contribution in [2.75, 3.05) is 26.1 Å². The first-order valence-corrected chi connectivity index (χ1v) is 9.64. The zero-order valence-electron chi connectivity index (χ0n) is 16.6. The third-order valence-electron chi connectivity index (χ3n) is 5.23. The molecule has 0 radical (unpaired) electrons. The summed E-state index contributed by atoms with van der Waals surface area (Å²) in [4.78, 5) is 15.3. The minimum atomic E-state index is -0.355. The summed E-state index contributed by atoms with van der Waals surface area (Å²) in [6.45, 7) is 0.579. The van der Waals surface area contributed by atoms with E-state index in [4.69, 9.17) is 9.47 Å². The zero-order chi connectivity index (χ0) is 20.2. The van der Waals surface area contributed by atoms with Crippen LogP contribution in [0.15, 0.2) is 72.8 Å². The molecule has 1 aliphatic heterocycles. The molecule has 3 aromatic carbocycles. The maximum atomic E-state index is 13.4. The fourth-order valence-corrected chi connectivity index (χ4v) is 3.79. The molecular weight excluding hydrogens is 364 g/mol. The molecule has 5 heteroatoms. The Kier molecular flexibility index (Phi) is 5.38. The quantitative estimate of drug-likeness (QED) is 0.675. The Morgan fingerprint density at radius 3 is 2.41 bits per heavy atom. The normalized spacial score (nSPS) is 15.4. The first-order chi connectivity index (χ1) is 14.2. The van der Waals surface area contributed by atoms with Gasteiger partial charge in [-0.1, -0.05) is 54.6 Å². The molecule has 4 rings (SSSR count). The Bertz CT molecular complexity index is 1000. The van der Waals surface area contributed by atoms with Crippen LogP contribution in [0.1, 0.15) is 27.7 Å². The second kappa shape index (κ2) is 8.27. The zero-order valence-corrected chi connectivity index (χ0v) is 16.6. The molecule has 0 unspecified atom stereocenters. The molecule has 0 spiro atoms. The summed E-state index contributed by atoms with van der Waals surface area (Å²) in [6.07, 6.45) is 0.408. The van der Waals surface area contributed by atoms with Gasteiger partial charge in [-0.3, -0.25) is 4.79 Å². The number of amides is 1. The lowest BCUT2D eigenvalue weighted by Crippen LogP contribution is -2.44. The second-order valence-electron chi connectivity index (χ2n) is 6.91. The molecule has 5 nitrogen and oxygen atoms in total. The molecule has 1 amide bonds. The van der Waals surface area contributed by atoms with Gasteiger partial charge in [0.25, 0.3) is 5.91 Å². The van der Waals surface area contributed by atoms with Crippen LogP contribution in [-0.4, -0.2) is 31.6 Å². The molecule has 1 aliphatic rings. The molecule has 0 saturated heterocycles. The number of rotatable bonds is 6. The van der Waals surface area contributed by atoms with Crippen LogP contribution in [-0.2, 0) is 6.42 Å². The van der Waals surface area contributed by atoms with Crippen molar-refractivity contribution in [3.8, 4) is 11.5 Å². The summed E-state index contributed by atoms with van der Waals surface area (Å²) in [5.74, 6) is 1.27. The van der Waals surface area contributed by atoms with E-state index in [1.165, 1.54) is 5.56 Å². The molecule has 1 N–H and O–H groups in total. The van der Waals surface area contributed by atoms with Gasteiger partial charge in [-0.15, -0.1) is 0 Å². The summed E-state index contributed by atoms with van der Waals surface area (Å²) in [5.41, 5.74) is 3.56. The molecular formula is C24H24N2O3. The van der Waals surface area contributed by atoms with Crippen LogP contribution >= 0.6 is 0 Å². The van der Waals surface area contributed by atoms with E-state index in [0.29, 0.717) is 23.6 Å². The van der Waals surface area contributed by atoms with E-state index in [1.54, 1.807) is 14.2 Å². The Morgan fingerprint density at radius 2 is 1.66 bits per heavy atom. The number of ether oxygens (including phenoxy) is 2. The number of hydrogen-bond acceptors (Lipinski definition) is 4. The number of methoxy groups -OCH3 is 2. The predicted molar refractivity (Wildman–Crippen MR) is 114 cm³/mol. The lowest BCUT2D eigenvalue weighted by Gasteiger charge is -2.38. The van der Waals surface area contributed by atoms with Crippen LogP contribution in [0.25, 0.3) is 0 Å². The SMILES string of the molecule is COc1cccc([C@@H]2Nc3ccccc3C(=O)N2CCc2ccccc2)c1OC. The van der Waals surface area contributed by atoms with Crippen molar-refractivity contribution < 1.29 is 14.3 Å². The minimum absolute atomic E-state index is 0.00477. The molecule has 148 valence electrons. The third-order valence-corrected chi connectivity index (χ3v) is 5.23. The Balaban J connectivity index is 1.74. The summed E-state index contributed by atoms with van der Waals surface area (Å²) in [5, 5.41) is 3.53. The van der Waals surface area contributed by atoms with Gasteiger partial charge >= 0.3 is 0 Å². The van der Waals surface area contributed by atoms with E-state index in [-0.39, 0.29) is 12.1 Å². The Hall–Kier alpha value is -3.47. The van der Waals surface area contributed by atoms with Gasteiger partial charge in [0.15, 0.2) is 11.5 Å². The average Bonchev–Trinajstić information content (AvgIpc) is 2.78. The predicted octanol–water partition coefficient (Wildman–Crippen LogP) is 4.51. The fourth-order valence-electron chi connectivity index (χ4n) is 3.79. The molecule has 1 heterocycles. The van der Waals surface area contributed by atoms with E-state index in [0.717, 1.165) is 17.7 Å². The highest BCUT2D eigenvalue weighted by atomic mass is 16.5. The lowest BCUT2D eigenvalue weighted by molar-refractivity contribution is 0.0683. The molecule has 3 aromatic rings. The van der Waals surface area contributed by atoms with Gasteiger partial charge in [-0.25, -0.2) is 0 Å². The van der Waals surface area contributed by atoms with Gasteiger partial charge in [-0.05, 0) is 30.2 Å². The summed E-state index contributed by atoms with van der Waals surface area (Å²) >= 11 is 0. The standard InChI is InChI=1S/C24H24N2O3/c1-28-21-14-8-12-19(22(21)29-2)23-25-20-13-7-6-11-18(20)24(27)26(23)16-15-17-9-4-3-5-10-17/h3-14,23,25H,15-16H2,1-2H3/t23-/m1/s1. The highest BCUT2D eigenvalue weighted by Crippen LogP contribution is 2.40. The molecule has 29 heavy (non-hydrogen) atoms. The average molecular weight is 388 g/mol. The molecule has 0 bridgehead atoms. The van der Waals surface area contributed by atoms with Crippen LogP contribution in [0.4, 0.5) is 5.69 Å². The van der Waals surface area contributed by atoms with Crippen LogP contribution in [0.5, 0.6) is 11.5 Å². The number of benzene rings is 3. The second-order valence-corrected chi connectivity index (χ2v) is 6.91. The summed E-state index contributed by atoms with van der Waals surface area (Å²) < 4.78 is 11.1. The van der Waals surface area contributed by atoms with Crippen LogP contribution in [0.3, 0.4) is 0 Å². The largest absolute Gasteiger partial charge is 0.493 e. The van der Waals surface area contributed by atoms with Crippen molar-refractivity contribution in [2.24, 2.45) is 0 Å². The Labute approximate surface area is 170 Å². The first-order valence-electron chi connectivity index (χ1n) is 9.64. The van der Waals surface area contributed by atoms with Crippen molar-refractivity contribution in [3.63, 3.8) is 0 Å². The van der Waals surface area contributed by atoms with Crippen LogP contribution in [0, 0.1) is 0 Å². The molecule has 1 atom stereocenters. The smallest absolute Gasteiger partial charge is 0.257 e. The monoisotopic (exact) mass is 388 g/mol. The van der Waals surface area contributed by atoms with Crippen molar-refractivity contribution in [1.82, 2.24) is 4.90 Å². The minimum Gasteiger partial charge on any atom is -0.493 e. The fraction of sp³-hybridized carbons (Fsp3) is 0.208. The highest BCUT2D eigenvalue weighted by molar-refractivity contribution is 6.01. The van der Waals surface area contributed by atoms with Gasteiger partial charge in [0.1, 0.15) is 6.17 Å². The maximum Gasteiger partial charge on any atom is 0.257 e. The van der Waals surface area contributed by atoms with Crippen LogP contribution < -0.4 is 14.8 Å². The molecule has 0 aliphatic carbocycles. The van der Waals surface area contributed by atoms with Crippen molar-refractivity contribution in [1.29, 1.82) is 0 Å². The van der Waals surface area contributed by atoms with Gasteiger partial charge < -0.3 is 19.7 Å². The Morgan fingerprint density at radius 1 is 0.897 bits per heavy atom. The number of nitrogens with zero attached hydrogens (tertiary/aromatic N) is 1. The van der Waals surface area contributed by atoms with Crippen LogP contribution in [0.2, 0.25) is 0 Å². The lowest BCUT2D eigenvalue weighted by atomic mass is 10.0. The van der Waals surface area contributed by atoms with E-state index in [9.17, 15) is 4.79 Å². The molecule has 0 fully saturated rings. The number of hydrogen-bond donors (Lipinski definition) is 1. The van der Waals surface area contributed by atoms with Gasteiger partial charge in [-0.2, -0.15) is 0 Å². The number of para-hydroxylation sites is 2. The van der Waals surface area contributed by atoms with Crippen molar-refractivity contribution in [3.05, 3.63) is 89.5 Å². The number of anilines is 1. The maximum absolute atomic E-state index is 13.4. The number of nitrogens with one attached hydrogen (secondary N) is 1. The first kappa shape index (κ1) is 18.9. The van der Waals surface area contributed by atoms with Gasteiger partial charge in [0.2, 0.25) is 0 Å². The summed E-state index contributed by atoms with van der Waals surface area (Å²) in [6, 6.07) is 23.5. The van der Waals surface area contributed by atoms with Gasteiger partial charge in [0.05, 0.1) is 19.8 Å². The van der Waals surface area contributed by atoms with E-state index in [1.807, 2.05) is 65.6 Å². The topological polar surface area (TPSA) is 50.8 Å². The molecule has 0 aromatic heterocycles. The number of fused-ring (bicyclic) bond motifs is 1. The highest BCUT2D eigenvalue weighted by Gasteiger charge is 2.34. The van der Waals surface area contributed by atoms with E-state index >= 15 is 0 Å². The molecule has 0 saturated carbocycles.